The third-order valence-corrected chi connectivity index (χ3v) is 2.39. The Hall–Kier alpha value is -1.31. The van der Waals surface area contributed by atoms with E-state index in [9.17, 15) is 4.79 Å². The maximum atomic E-state index is 10.1. The Bertz CT molecular complexity index is 307. The number of rotatable bonds is 5. The molecule has 0 amide bonds. The van der Waals surface area contributed by atoms with Gasteiger partial charge in [-0.3, -0.25) is 0 Å². The molecular weight excluding hydrogens is 174 g/mol. The average molecular weight is 191 g/mol. The number of hydrogen-bond donors (Lipinski definition) is 1. The molecule has 0 saturated carbocycles. The summed E-state index contributed by atoms with van der Waals surface area (Å²) in [5.74, 6) is 0. The standard InChI is InChI=1S/C12H17NO/c1-10-6-7-12(13)9-11(10)5-3-2-4-8-14/h6-9H,2-5,13H2,1H3. The van der Waals surface area contributed by atoms with Gasteiger partial charge < -0.3 is 10.5 Å². The minimum Gasteiger partial charge on any atom is -0.399 e. The van der Waals surface area contributed by atoms with E-state index in [4.69, 9.17) is 5.73 Å². The van der Waals surface area contributed by atoms with Gasteiger partial charge in [0.15, 0.2) is 0 Å². The first kappa shape index (κ1) is 10.8. The Morgan fingerprint density at radius 3 is 2.86 bits per heavy atom. The topological polar surface area (TPSA) is 43.1 Å². The van der Waals surface area contributed by atoms with E-state index in [1.165, 1.54) is 11.1 Å². The maximum Gasteiger partial charge on any atom is 0.119 e. The summed E-state index contributed by atoms with van der Waals surface area (Å²) in [7, 11) is 0. The van der Waals surface area contributed by atoms with Crippen LogP contribution in [-0.2, 0) is 11.2 Å². The predicted octanol–water partition coefficient (Wildman–Crippen LogP) is 2.49. The number of aldehydes is 1. The van der Waals surface area contributed by atoms with Crippen LogP contribution in [0.3, 0.4) is 0 Å². The molecule has 0 aliphatic rings. The highest BCUT2D eigenvalue weighted by Crippen LogP contribution is 2.15. The summed E-state index contributed by atoms with van der Waals surface area (Å²) in [6, 6.07) is 5.99. The number of carbonyl (C=O) groups is 1. The van der Waals surface area contributed by atoms with E-state index in [2.05, 4.69) is 6.92 Å². The number of nitrogens with two attached hydrogens (primary N) is 1. The molecule has 0 saturated heterocycles. The fourth-order valence-electron chi connectivity index (χ4n) is 1.50. The molecule has 1 rings (SSSR count). The predicted molar refractivity (Wildman–Crippen MR) is 59.2 cm³/mol. The maximum absolute atomic E-state index is 10.1. The average Bonchev–Trinajstić information content (AvgIpc) is 2.18. The second-order valence-corrected chi connectivity index (χ2v) is 3.60. The number of nitrogen functional groups attached to an aromatic ring is 1. The van der Waals surface area contributed by atoms with Gasteiger partial charge in [0, 0.05) is 12.1 Å². The highest BCUT2D eigenvalue weighted by atomic mass is 16.1. The van der Waals surface area contributed by atoms with Gasteiger partial charge >= 0.3 is 0 Å². The van der Waals surface area contributed by atoms with Crippen molar-refractivity contribution in [2.45, 2.75) is 32.6 Å². The van der Waals surface area contributed by atoms with Crippen LogP contribution in [0.5, 0.6) is 0 Å². The fraction of sp³-hybridized carbons (Fsp3) is 0.417. The molecule has 0 atom stereocenters. The van der Waals surface area contributed by atoms with Crippen LogP contribution < -0.4 is 5.73 Å². The zero-order valence-electron chi connectivity index (χ0n) is 8.62. The van der Waals surface area contributed by atoms with Crippen LogP contribution in [0.25, 0.3) is 0 Å². The molecule has 0 aliphatic heterocycles. The lowest BCUT2D eigenvalue weighted by Gasteiger charge is -2.05. The van der Waals surface area contributed by atoms with Gasteiger partial charge in [-0.05, 0) is 49.4 Å². The zero-order valence-corrected chi connectivity index (χ0v) is 8.62. The SMILES string of the molecule is Cc1ccc(N)cc1CCCCC=O. The molecule has 1 aromatic rings. The molecule has 76 valence electrons. The second-order valence-electron chi connectivity index (χ2n) is 3.60. The smallest absolute Gasteiger partial charge is 0.119 e. The van der Waals surface area contributed by atoms with Crippen molar-refractivity contribution >= 4 is 12.0 Å². The zero-order chi connectivity index (χ0) is 10.4. The normalized spacial score (nSPS) is 10.1. The third kappa shape index (κ3) is 3.21. The Morgan fingerprint density at radius 2 is 2.14 bits per heavy atom. The van der Waals surface area contributed by atoms with Crippen LogP contribution >= 0.6 is 0 Å². The first-order valence-electron chi connectivity index (χ1n) is 5.02. The van der Waals surface area contributed by atoms with Crippen LogP contribution in [-0.4, -0.2) is 6.29 Å². The molecule has 0 heterocycles. The van der Waals surface area contributed by atoms with E-state index >= 15 is 0 Å². The van der Waals surface area contributed by atoms with Crippen molar-refractivity contribution in [2.75, 3.05) is 5.73 Å². The molecule has 2 nitrogen and oxygen atoms in total. The molecule has 14 heavy (non-hydrogen) atoms. The minimum atomic E-state index is 0.668. The molecule has 2 heteroatoms. The van der Waals surface area contributed by atoms with Gasteiger partial charge in [-0.1, -0.05) is 6.07 Å². The molecule has 0 fully saturated rings. The fourth-order valence-corrected chi connectivity index (χ4v) is 1.50. The van der Waals surface area contributed by atoms with Crippen LogP contribution in [0, 0.1) is 6.92 Å². The van der Waals surface area contributed by atoms with E-state index in [0.717, 1.165) is 31.2 Å². The second kappa shape index (κ2) is 5.43. The van der Waals surface area contributed by atoms with Crippen molar-refractivity contribution in [1.82, 2.24) is 0 Å². The number of aryl methyl sites for hydroxylation is 2. The molecule has 2 N–H and O–H groups in total. The molecule has 0 spiro atoms. The Balaban J connectivity index is 2.49. The lowest BCUT2D eigenvalue weighted by atomic mass is 10.0. The highest BCUT2D eigenvalue weighted by Gasteiger charge is 1.98. The summed E-state index contributed by atoms with van der Waals surface area (Å²) in [4.78, 5) is 10.1. The van der Waals surface area contributed by atoms with E-state index in [1.54, 1.807) is 0 Å². The van der Waals surface area contributed by atoms with Gasteiger partial charge in [0.05, 0.1) is 0 Å². The number of carbonyl (C=O) groups excluding carboxylic acids is 1. The highest BCUT2D eigenvalue weighted by molar-refractivity contribution is 5.49. The summed E-state index contributed by atoms with van der Waals surface area (Å²) in [6.45, 7) is 2.09. The number of anilines is 1. The quantitative estimate of drug-likeness (QED) is 0.441. The summed E-state index contributed by atoms with van der Waals surface area (Å²) in [5, 5.41) is 0. The van der Waals surface area contributed by atoms with Crippen molar-refractivity contribution in [3.63, 3.8) is 0 Å². The van der Waals surface area contributed by atoms with Crippen LogP contribution in [0.15, 0.2) is 18.2 Å². The first-order valence-corrected chi connectivity index (χ1v) is 5.02. The molecule has 0 bridgehead atoms. The summed E-state index contributed by atoms with van der Waals surface area (Å²) < 4.78 is 0. The van der Waals surface area contributed by atoms with Gasteiger partial charge in [-0.2, -0.15) is 0 Å². The van der Waals surface area contributed by atoms with Crippen molar-refractivity contribution < 1.29 is 4.79 Å². The molecule has 0 radical (unpaired) electrons. The number of benzene rings is 1. The Labute approximate surface area is 85.1 Å². The van der Waals surface area contributed by atoms with Crippen LogP contribution in [0.2, 0.25) is 0 Å². The molecule has 0 unspecified atom stereocenters. The van der Waals surface area contributed by atoms with Crippen molar-refractivity contribution in [3.8, 4) is 0 Å². The minimum absolute atomic E-state index is 0.668. The lowest BCUT2D eigenvalue weighted by Crippen LogP contribution is -1.93. The monoisotopic (exact) mass is 191 g/mol. The van der Waals surface area contributed by atoms with Gasteiger partial charge in [-0.15, -0.1) is 0 Å². The largest absolute Gasteiger partial charge is 0.399 e. The first-order chi connectivity index (χ1) is 6.74. The van der Waals surface area contributed by atoms with Crippen molar-refractivity contribution in [2.24, 2.45) is 0 Å². The Morgan fingerprint density at radius 1 is 1.36 bits per heavy atom. The molecular formula is C12H17NO. The number of unbranched alkanes of at least 4 members (excludes halogenated alkanes) is 2. The van der Waals surface area contributed by atoms with Gasteiger partial charge in [0.1, 0.15) is 6.29 Å². The van der Waals surface area contributed by atoms with Crippen molar-refractivity contribution in [1.29, 1.82) is 0 Å². The van der Waals surface area contributed by atoms with Crippen LogP contribution in [0.1, 0.15) is 30.4 Å². The van der Waals surface area contributed by atoms with Gasteiger partial charge in [-0.25, -0.2) is 0 Å². The van der Waals surface area contributed by atoms with Gasteiger partial charge in [0.2, 0.25) is 0 Å². The summed E-state index contributed by atoms with van der Waals surface area (Å²) in [6.07, 6.45) is 4.69. The molecule has 1 aromatic carbocycles. The van der Waals surface area contributed by atoms with Crippen molar-refractivity contribution in [3.05, 3.63) is 29.3 Å². The van der Waals surface area contributed by atoms with Crippen LogP contribution in [0.4, 0.5) is 5.69 Å². The summed E-state index contributed by atoms with van der Waals surface area (Å²) >= 11 is 0. The summed E-state index contributed by atoms with van der Waals surface area (Å²) in [5.41, 5.74) is 9.11. The van der Waals surface area contributed by atoms with E-state index in [0.29, 0.717) is 6.42 Å². The van der Waals surface area contributed by atoms with E-state index in [-0.39, 0.29) is 0 Å². The van der Waals surface area contributed by atoms with E-state index < -0.39 is 0 Å². The molecule has 0 aliphatic carbocycles. The van der Waals surface area contributed by atoms with E-state index in [1.807, 2.05) is 18.2 Å². The third-order valence-electron chi connectivity index (χ3n) is 2.39. The number of hydrogen-bond acceptors (Lipinski definition) is 2. The lowest BCUT2D eigenvalue weighted by molar-refractivity contribution is -0.107. The Kier molecular flexibility index (Phi) is 4.17. The molecule has 0 aromatic heterocycles. The van der Waals surface area contributed by atoms with Gasteiger partial charge in [0.25, 0.3) is 0 Å².